The lowest BCUT2D eigenvalue weighted by Crippen LogP contribution is -2.42. The second-order valence-corrected chi connectivity index (χ2v) is 6.02. The monoisotopic (exact) mass is 334 g/mol. The molecule has 0 aliphatic carbocycles. The third-order valence-corrected chi connectivity index (χ3v) is 4.12. The van der Waals surface area contributed by atoms with E-state index in [1.807, 2.05) is 36.1 Å². The highest BCUT2D eigenvalue weighted by molar-refractivity contribution is 6.30. The van der Waals surface area contributed by atoms with Gasteiger partial charge in [0.15, 0.2) is 5.82 Å². The Morgan fingerprint density at radius 2 is 2.22 bits per heavy atom. The number of hydrogen-bond donors (Lipinski definition) is 1. The van der Waals surface area contributed by atoms with Gasteiger partial charge in [0.2, 0.25) is 5.91 Å². The number of nitrogens with zero attached hydrogens (tertiary/aromatic N) is 3. The summed E-state index contributed by atoms with van der Waals surface area (Å²) < 4.78 is 5.78. The van der Waals surface area contributed by atoms with E-state index in [0.29, 0.717) is 43.4 Å². The molecular formula is C16H19ClN4O2. The van der Waals surface area contributed by atoms with Crippen molar-refractivity contribution < 1.29 is 9.53 Å². The summed E-state index contributed by atoms with van der Waals surface area (Å²) in [5.74, 6) is 1.55. The minimum atomic E-state index is -0.101. The van der Waals surface area contributed by atoms with Gasteiger partial charge in [-0.2, -0.15) is 5.10 Å². The van der Waals surface area contributed by atoms with Crippen molar-refractivity contribution in [2.24, 2.45) is 0 Å². The molecule has 6 nitrogen and oxygen atoms in total. The molecule has 0 radical (unpaired) electrons. The topological polar surface area (TPSA) is 71.1 Å². The van der Waals surface area contributed by atoms with Gasteiger partial charge >= 0.3 is 0 Å². The summed E-state index contributed by atoms with van der Waals surface area (Å²) in [4.78, 5) is 18.5. The summed E-state index contributed by atoms with van der Waals surface area (Å²) in [6.07, 6.45) is 0.854. The summed E-state index contributed by atoms with van der Waals surface area (Å²) in [7, 11) is 0. The average Bonchev–Trinajstić information content (AvgIpc) is 2.99. The summed E-state index contributed by atoms with van der Waals surface area (Å²) in [6.45, 7) is 3.57. The molecule has 0 saturated carbocycles. The van der Waals surface area contributed by atoms with Crippen LogP contribution in [0.4, 0.5) is 0 Å². The molecule has 1 aliphatic heterocycles. The fraction of sp³-hybridized carbons (Fsp3) is 0.438. The number of morpholine rings is 1. The van der Waals surface area contributed by atoms with Crippen LogP contribution in [0.25, 0.3) is 0 Å². The molecule has 2 aromatic rings. The average molecular weight is 335 g/mol. The number of amides is 1. The third-order valence-electron chi connectivity index (χ3n) is 3.87. The molecule has 1 N–H and O–H groups in total. The normalized spacial score (nSPS) is 18.2. The fourth-order valence-corrected chi connectivity index (χ4v) is 2.76. The smallest absolute Gasteiger partial charge is 0.223 e. The number of nitrogens with one attached hydrogen (secondary N) is 1. The molecule has 0 bridgehead atoms. The number of H-pyrrole nitrogens is 1. The van der Waals surface area contributed by atoms with E-state index in [1.54, 1.807) is 0 Å². The van der Waals surface area contributed by atoms with E-state index in [0.717, 1.165) is 11.4 Å². The van der Waals surface area contributed by atoms with Crippen LogP contribution in [-0.4, -0.2) is 45.7 Å². The molecule has 122 valence electrons. The first-order valence-electron chi connectivity index (χ1n) is 7.64. The molecule has 1 amide bonds. The largest absolute Gasteiger partial charge is 0.370 e. The zero-order valence-electron chi connectivity index (χ0n) is 13.0. The molecule has 1 fully saturated rings. The van der Waals surface area contributed by atoms with E-state index in [-0.39, 0.29) is 12.0 Å². The summed E-state index contributed by atoms with van der Waals surface area (Å²) in [6, 6.07) is 7.56. The summed E-state index contributed by atoms with van der Waals surface area (Å²) >= 11 is 5.91. The first kappa shape index (κ1) is 16.0. The number of hydrogen-bond acceptors (Lipinski definition) is 4. The molecule has 3 rings (SSSR count). The van der Waals surface area contributed by atoms with Crippen LogP contribution in [0.5, 0.6) is 0 Å². The Morgan fingerprint density at radius 1 is 1.43 bits per heavy atom. The van der Waals surface area contributed by atoms with E-state index >= 15 is 0 Å². The summed E-state index contributed by atoms with van der Waals surface area (Å²) in [5.41, 5.74) is 1.04. The van der Waals surface area contributed by atoms with Crippen molar-refractivity contribution in [3.8, 4) is 0 Å². The predicted molar refractivity (Wildman–Crippen MR) is 86.2 cm³/mol. The molecule has 1 aromatic carbocycles. The van der Waals surface area contributed by atoms with Crippen LogP contribution < -0.4 is 0 Å². The van der Waals surface area contributed by atoms with E-state index < -0.39 is 0 Å². The Balaban J connectivity index is 1.57. The number of ether oxygens (including phenoxy) is 1. The first-order valence-corrected chi connectivity index (χ1v) is 8.02. The van der Waals surface area contributed by atoms with Crippen molar-refractivity contribution in [1.82, 2.24) is 20.1 Å². The highest BCUT2D eigenvalue weighted by Gasteiger charge is 2.25. The van der Waals surface area contributed by atoms with Gasteiger partial charge in [0.05, 0.1) is 13.2 Å². The van der Waals surface area contributed by atoms with Gasteiger partial charge < -0.3 is 9.64 Å². The van der Waals surface area contributed by atoms with Crippen LogP contribution in [0.1, 0.15) is 29.7 Å². The van der Waals surface area contributed by atoms with Crippen LogP contribution in [0, 0.1) is 6.92 Å². The maximum absolute atomic E-state index is 12.4. The van der Waals surface area contributed by atoms with Gasteiger partial charge in [0, 0.05) is 24.4 Å². The maximum atomic E-state index is 12.4. The van der Waals surface area contributed by atoms with Gasteiger partial charge in [-0.15, -0.1) is 0 Å². The molecule has 1 saturated heterocycles. The van der Waals surface area contributed by atoms with Crippen molar-refractivity contribution >= 4 is 17.5 Å². The zero-order valence-corrected chi connectivity index (χ0v) is 13.7. The van der Waals surface area contributed by atoms with Crippen LogP contribution in [0.2, 0.25) is 5.02 Å². The molecular weight excluding hydrogens is 316 g/mol. The predicted octanol–water partition coefficient (Wildman–Crippen LogP) is 2.30. The molecule has 1 unspecified atom stereocenters. The zero-order chi connectivity index (χ0) is 16.2. The Morgan fingerprint density at radius 3 is 2.91 bits per heavy atom. The Kier molecular flexibility index (Phi) is 4.93. The van der Waals surface area contributed by atoms with Crippen LogP contribution >= 0.6 is 11.6 Å². The van der Waals surface area contributed by atoms with E-state index in [9.17, 15) is 4.79 Å². The van der Waals surface area contributed by atoms with E-state index in [4.69, 9.17) is 16.3 Å². The van der Waals surface area contributed by atoms with Gasteiger partial charge in [-0.05, 0) is 24.6 Å². The van der Waals surface area contributed by atoms with Gasteiger partial charge in [-0.1, -0.05) is 23.7 Å². The van der Waals surface area contributed by atoms with Gasteiger partial charge in [-0.3, -0.25) is 9.89 Å². The molecule has 1 aromatic heterocycles. The quantitative estimate of drug-likeness (QED) is 0.931. The number of aromatic amines is 1. The Labute approximate surface area is 139 Å². The summed E-state index contributed by atoms with van der Waals surface area (Å²) in [5, 5.41) is 7.54. The molecule has 23 heavy (non-hydrogen) atoms. The lowest BCUT2D eigenvalue weighted by Gasteiger charge is -2.33. The van der Waals surface area contributed by atoms with Crippen molar-refractivity contribution in [2.75, 3.05) is 19.7 Å². The number of carbonyl (C=O) groups excluding carboxylic acids is 1. The highest BCUT2D eigenvalue weighted by Crippen LogP contribution is 2.24. The second kappa shape index (κ2) is 7.10. The second-order valence-electron chi connectivity index (χ2n) is 5.59. The van der Waals surface area contributed by atoms with Gasteiger partial charge in [0.1, 0.15) is 11.9 Å². The first-order chi connectivity index (χ1) is 11.1. The SMILES string of the molecule is Cc1nc(CCC(=O)N2CCOC(c3ccc(Cl)cc3)C2)n[nH]1. The number of halogens is 1. The lowest BCUT2D eigenvalue weighted by atomic mass is 10.1. The van der Waals surface area contributed by atoms with Crippen LogP contribution in [0.15, 0.2) is 24.3 Å². The number of aromatic nitrogens is 3. The van der Waals surface area contributed by atoms with Crippen LogP contribution in [-0.2, 0) is 16.0 Å². The minimum Gasteiger partial charge on any atom is -0.370 e. The van der Waals surface area contributed by atoms with E-state index in [2.05, 4.69) is 15.2 Å². The number of benzene rings is 1. The van der Waals surface area contributed by atoms with Crippen LogP contribution in [0.3, 0.4) is 0 Å². The maximum Gasteiger partial charge on any atom is 0.223 e. The van der Waals surface area contributed by atoms with Crippen molar-refractivity contribution in [3.63, 3.8) is 0 Å². The van der Waals surface area contributed by atoms with Crippen molar-refractivity contribution in [2.45, 2.75) is 25.9 Å². The third kappa shape index (κ3) is 4.09. The molecule has 2 heterocycles. The van der Waals surface area contributed by atoms with Gasteiger partial charge in [0.25, 0.3) is 0 Å². The number of aryl methyl sites for hydroxylation is 2. The highest BCUT2D eigenvalue weighted by atomic mass is 35.5. The lowest BCUT2D eigenvalue weighted by molar-refractivity contribution is -0.139. The molecule has 1 atom stereocenters. The van der Waals surface area contributed by atoms with Gasteiger partial charge in [-0.25, -0.2) is 4.98 Å². The standard InChI is InChI=1S/C16H19ClN4O2/c1-11-18-15(20-19-11)6-7-16(22)21-8-9-23-14(10-21)12-2-4-13(17)5-3-12/h2-5,14H,6-10H2,1H3,(H,18,19,20). The molecule has 7 heteroatoms. The number of carbonyl (C=O) groups is 1. The van der Waals surface area contributed by atoms with Crippen molar-refractivity contribution in [1.29, 1.82) is 0 Å². The molecule has 0 spiro atoms. The Bertz CT molecular complexity index is 671. The van der Waals surface area contributed by atoms with E-state index in [1.165, 1.54) is 0 Å². The molecule has 1 aliphatic rings. The number of rotatable bonds is 4. The minimum absolute atomic E-state index is 0.101. The fourth-order valence-electron chi connectivity index (χ4n) is 2.63. The van der Waals surface area contributed by atoms with Crippen molar-refractivity contribution in [3.05, 3.63) is 46.5 Å². The Hall–Kier alpha value is -1.92.